The van der Waals surface area contributed by atoms with Crippen molar-refractivity contribution in [2.45, 2.75) is 58.4 Å². The Balaban J connectivity index is 1.66. The quantitative estimate of drug-likeness (QED) is 0.864. The Morgan fingerprint density at radius 2 is 1.95 bits per heavy atom. The Hall–Kier alpha value is -1.51. The molecule has 3 rings (SSSR count). The van der Waals surface area contributed by atoms with Gasteiger partial charge in [0.15, 0.2) is 0 Å². The van der Waals surface area contributed by atoms with Crippen LogP contribution in [-0.2, 0) is 4.79 Å². The lowest BCUT2D eigenvalue weighted by Gasteiger charge is -2.31. The van der Waals surface area contributed by atoms with Crippen LogP contribution in [0, 0.1) is 18.8 Å². The molecule has 21 heavy (non-hydrogen) atoms. The molecule has 1 aromatic rings. The molecule has 0 saturated heterocycles. The van der Waals surface area contributed by atoms with Crippen LogP contribution in [0.3, 0.4) is 0 Å². The fraction of sp³-hybridized carbons (Fsp3) is 0.611. The number of anilines is 2. The first kappa shape index (κ1) is 14.4. The molecule has 2 unspecified atom stereocenters. The number of hydrogen-bond donors (Lipinski definition) is 2. The summed E-state index contributed by atoms with van der Waals surface area (Å²) >= 11 is 0. The highest BCUT2D eigenvalue weighted by Gasteiger charge is 2.34. The molecule has 2 atom stereocenters. The summed E-state index contributed by atoms with van der Waals surface area (Å²) in [6.45, 7) is 3.68. The van der Waals surface area contributed by atoms with E-state index in [0.717, 1.165) is 17.5 Å². The minimum Gasteiger partial charge on any atom is -0.382 e. The number of aryl methyl sites for hydroxylation is 1. The average molecular weight is 286 g/mol. The van der Waals surface area contributed by atoms with Gasteiger partial charge in [0.2, 0.25) is 5.91 Å². The molecule has 2 N–H and O–H groups in total. The first-order valence-corrected chi connectivity index (χ1v) is 8.26. The Kier molecular flexibility index (Phi) is 4.18. The molecule has 2 aliphatic carbocycles. The maximum absolute atomic E-state index is 11.2. The first-order valence-electron chi connectivity index (χ1n) is 8.26. The van der Waals surface area contributed by atoms with Crippen LogP contribution in [0.4, 0.5) is 11.4 Å². The summed E-state index contributed by atoms with van der Waals surface area (Å²) in [5.74, 6) is 1.94. The van der Waals surface area contributed by atoms with Gasteiger partial charge in [0, 0.05) is 24.3 Å². The zero-order valence-corrected chi connectivity index (χ0v) is 13.1. The van der Waals surface area contributed by atoms with E-state index in [4.69, 9.17) is 0 Å². The SMILES string of the molecule is CC(=O)Nc1ccc(C)c(NC2CCCC(C3CC3)C2)c1. The lowest BCUT2D eigenvalue weighted by Crippen LogP contribution is -2.28. The minimum absolute atomic E-state index is 0.0173. The molecule has 3 heteroatoms. The molecule has 2 aliphatic rings. The second kappa shape index (κ2) is 6.08. The largest absolute Gasteiger partial charge is 0.382 e. The van der Waals surface area contributed by atoms with E-state index in [-0.39, 0.29) is 5.91 Å². The normalized spacial score (nSPS) is 25.4. The van der Waals surface area contributed by atoms with E-state index in [9.17, 15) is 4.79 Å². The molecule has 0 aliphatic heterocycles. The predicted molar refractivity (Wildman–Crippen MR) is 87.6 cm³/mol. The average Bonchev–Trinajstić information content (AvgIpc) is 3.27. The van der Waals surface area contributed by atoms with Crippen molar-refractivity contribution >= 4 is 17.3 Å². The van der Waals surface area contributed by atoms with Gasteiger partial charge < -0.3 is 10.6 Å². The van der Waals surface area contributed by atoms with E-state index in [0.29, 0.717) is 6.04 Å². The molecule has 1 aromatic carbocycles. The molecule has 0 spiro atoms. The second-order valence-corrected chi connectivity index (χ2v) is 6.82. The fourth-order valence-electron chi connectivity index (χ4n) is 3.63. The van der Waals surface area contributed by atoms with Gasteiger partial charge in [0.25, 0.3) is 0 Å². The number of carbonyl (C=O) groups excluding carboxylic acids is 1. The van der Waals surface area contributed by atoms with Crippen LogP contribution in [-0.4, -0.2) is 11.9 Å². The summed E-state index contributed by atoms with van der Waals surface area (Å²) in [5.41, 5.74) is 3.30. The Morgan fingerprint density at radius 3 is 2.67 bits per heavy atom. The maximum Gasteiger partial charge on any atom is 0.221 e. The summed E-state index contributed by atoms with van der Waals surface area (Å²) in [7, 11) is 0. The number of rotatable bonds is 4. The van der Waals surface area contributed by atoms with E-state index in [1.54, 1.807) is 6.92 Å². The van der Waals surface area contributed by atoms with Crippen molar-refractivity contribution in [3.8, 4) is 0 Å². The molecule has 0 heterocycles. The molecule has 1 amide bonds. The molecule has 114 valence electrons. The van der Waals surface area contributed by atoms with Crippen molar-refractivity contribution in [1.82, 2.24) is 0 Å². The minimum atomic E-state index is -0.0173. The standard InChI is InChI=1S/C18H26N2O/c1-12-6-9-17(19-13(2)21)11-18(12)20-16-5-3-4-15(10-16)14-7-8-14/h6,9,11,14-16,20H,3-5,7-8,10H2,1-2H3,(H,19,21). The Morgan fingerprint density at radius 1 is 1.14 bits per heavy atom. The van der Waals surface area contributed by atoms with Gasteiger partial charge in [-0.25, -0.2) is 0 Å². The molecule has 0 aromatic heterocycles. The number of hydrogen-bond acceptors (Lipinski definition) is 2. The summed E-state index contributed by atoms with van der Waals surface area (Å²) in [6, 6.07) is 6.71. The summed E-state index contributed by atoms with van der Waals surface area (Å²) in [6.07, 6.45) is 8.27. The summed E-state index contributed by atoms with van der Waals surface area (Å²) in [4.78, 5) is 11.2. The molecule has 0 radical (unpaired) electrons. The molecule has 2 saturated carbocycles. The van der Waals surface area contributed by atoms with Crippen LogP contribution < -0.4 is 10.6 Å². The van der Waals surface area contributed by atoms with Gasteiger partial charge in [-0.2, -0.15) is 0 Å². The van der Waals surface area contributed by atoms with Crippen LogP contribution in [0.1, 0.15) is 51.0 Å². The van der Waals surface area contributed by atoms with Crippen LogP contribution in [0.5, 0.6) is 0 Å². The number of carbonyl (C=O) groups is 1. The number of amides is 1. The van der Waals surface area contributed by atoms with Gasteiger partial charge >= 0.3 is 0 Å². The van der Waals surface area contributed by atoms with Crippen LogP contribution >= 0.6 is 0 Å². The zero-order chi connectivity index (χ0) is 14.8. The molecular weight excluding hydrogens is 260 g/mol. The molecular formula is C18H26N2O. The van der Waals surface area contributed by atoms with Crippen LogP contribution in [0.15, 0.2) is 18.2 Å². The van der Waals surface area contributed by atoms with Gasteiger partial charge in [0.1, 0.15) is 0 Å². The van der Waals surface area contributed by atoms with Gasteiger partial charge in [-0.05, 0) is 62.1 Å². The second-order valence-electron chi connectivity index (χ2n) is 6.82. The van der Waals surface area contributed by atoms with E-state index < -0.39 is 0 Å². The van der Waals surface area contributed by atoms with Crippen molar-refractivity contribution in [2.75, 3.05) is 10.6 Å². The maximum atomic E-state index is 11.2. The van der Waals surface area contributed by atoms with E-state index in [1.807, 2.05) is 6.07 Å². The molecule has 0 bridgehead atoms. The van der Waals surface area contributed by atoms with Crippen LogP contribution in [0.2, 0.25) is 0 Å². The molecule has 3 nitrogen and oxygen atoms in total. The Bertz CT molecular complexity index is 522. The highest BCUT2D eigenvalue weighted by molar-refractivity contribution is 5.89. The third-order valence-electron chi connectivity index (χ3n) is 4.92. The fourth-order valence-corrected chi connectivity index (χ4v) is 3.63. The van der Waals surface area contributed by atoms with Crippen LogP contribution in [0.25, 0.3) is 0 Å². The summed E-state index contributed by atoms with van der Waals surface area (Å²) < 4.78 is 0. The van der Waals surface area contributed by atoms with Gasteiger partial charge in [-0.15, -0.1) is 0 Å². The van der Waals surface area contributed by atoms with E-state index in [2.05, 4.69) is 29.7 Å². The van der Waals surface area contributed by atoms with E-state index in [1.165, 1.54) is 49.8 Å². The van der Waals surface area contributed by atoms with Gasteiger partial charge in [0.05, 0.1) is 0 Å². The van der Waals surface area contributed by atoms with E-state index >= 15 is 0 Å². The van der Waals surface area contributed by atoms with Crippen molar-refractivity contribution in [2.24, 2.45) is 11.8 Å². The smallest absolute Gasteiger partial charge is 0.221 e. The first-order chi connectivity index (χ1) is 10.1. The third-order valence-corrected chi connectivity index (χ3v) is 4.92. The van der Waals surface area contributed by atoms with Crippen molar-refractivity contribution in [3.63, 3.8) is 0 Å². The highest BCUT2D eigenvalue weighted by atomic mass is 16.1. The topological polar surface area (TPSA) is 41.1 Å². The lowest BCUT2D eigenvalue weighted by atomic mass is 9.82. The predicted octanol–water partition coefficient (Wildman–Crippen LogP) is 4.33. The van der Waals surface area contributed by atoms with Crippen molar-refractivity contribution in [1.29, 1.82) is 0 Å². The van der Waals surface area contributed by atoms with Crippen molar-refractivity contribution < 1.29 is 4.79 Å². The third kappa shape index (κ3) is 3.78. The lowest BCUT2D eigenvalue weighted by molar-refractivity contribution is -0.114. The Labute approximate surface area is 127 Å². The number of nitrogens with one attached hydrogen (secondary N) is 2. The van der Waals surface area contributed by atoms with Gasteiger partial charge in [-0.3, -0.25) is 4.79 Å². The monoisotopic (exact) mass is 286 g/mol. The highest BCUT2D eigenvalue weighted by Crippen LogP contribution is 2.44. The zero-order valence-electron chi connectivity index (χ0n) is 13.1. The molecule has 2 fully saturated rings. The summed E-state index contributed by atoms with van der Waals surface area (Å²) in [5, 5.41) is 6.59. The van der Waals surface area contributed by atoms with Gasteiger partial charge in [-0.1, -0.05) is 18.9 Å². The number of benzene rings is 1. The van der Waals surface area contributed by atoms with Crippen molar-refractivity contribution in [3.05, 3.63) is 23.8 Å².